The molecular formula is C20H31ClN2O2. The molecule has 0 bridgehead atoms. The summed E-state index contributed by atoms with van der Waals surface area (Å²) in [5.41, 5.74) is 1.13. The van der Waals surface area contributed by atoms with Gasteiger partial charge < -0.3 is 15.4 Å². The molecule has 1 aliphatic heterocycles. The number of carbonyl (C=O) groups excluding carboxylic acids is 1. The zero-order chi connectivity index (χ0) is 16.6. The van der Waals surface area contributed by atoms with Crippen molar-refractivity contribution in [2.75, 3.05) is 13.1 Å². The fraction of sp³-hybridized carbons (Fsp3) is 0.650. The van der Waals surface area contributed by atoms with Crippen LogP contribution in [0.2, 0.25) is 0 Å². The van der Waals surface area contributed by atoms with Crippen molar-refractivity contribution in [1.29, 1.82) is 0 Å². The highest BCUT2D eigenvalue weighted by molar-refractivity contribution is 5.85. The first-order chi connectivity index (χ1) is 11.8. The highest BCUT2D eigenvalue weighted by atomic mass is 35.5. The van der Waals surface area contributed by atoms with Crippen molar-refractivity contribution in [3.8, 4) is 5.75 Å². The zero-order valence-electron chi connectivity index (χ0n) is 15.0. The molecule has 25 heavy (non-hydrogen) atoms. The summed E-state index contributed by atoms with van der Waals surface area (Å²) in [4.78, 5) is 11.9. The van der Waals surface area contributed by atoms with E-state index in [9.17, 15) is 4.79 Å². The van der Waals surface area contributed by atoms with Crippen LogP contribution in [0, 0.1) is 5.92 Å². The summed E-state index contributed by atoms with van der Waals surface area (Å²) < 4.78 is 6.04. The van der Waals surface area contributed by atoms with Crippen LogP contribution in [-0.4, -0.2) is 25.1 Å². The van der Waals surface area contributed by atoms with Crippen molar-refractivity contribution in [2.24, 2.45) is 5.92 Å². The standard InChI is InChI=1S/C20H30N2O2.ClH/c23-20(11-8-17-12-13-21-14-17)22-15-16-6-9-19(10-7-16)24-18-4-2-1-3-5-18;/h6-7,9-10,17-18,21H,1-5,8,11-15H2,(H,22,23);1H. The first kappa shape index (κ1) is 20.1. The maximum absolute atomic E-state index is 11.9. The third-order valence-corrected chi connectivity index (χ3v) is 5.21. The molecule has 1 unspecified atom stereocenters. The van der Waals surface area contributed by atoms with E-state index in [1.54, 1.807) is 0 Å². The summed E-state index contributed by atoms with van der Waals surface area (Å²) in [5, 5.41) is 6.37. The third kappa shape index (κ3) is 6.87. The van der Waals surface area contributed by atoms with Gasteiger partial charge in [-0.2, -0.15) is 0 Å². The van der Waals surface area contributed by atoms with Crippen LogP contribution in [0.3, 0.4) is 0 Å². The fourth-order valence-corrected chi connectivity index (χ4v) is 3.65. The molecule has 1 aromatic rings. The van der Waals surface area contributed by atoms with Gasteiger partial charge in [-0.3, -0.25) is 4.79 Å². The van der Waals surface area contributed by atoms with Gasteiger partial charge in [0.25, 0.3) is 0 Å². The summed E-state index contributed by atoms with van der Waals surface area (Å²) in [5.74, 6) is 1.78. The lowest BCUT2D eigenvalue weighted by Crippen LogP contribution is -2.23. The SMILES string of the molecule is Cl.O=C(CCC1CCNC1)NCc1ccc(OC2CCCCC2)cc1. The molecule has 1 heterocycles. The van der Waals surface area contributed by atoms with Gasteiger partial charge in [-0.25, -0.2) is 0 Å². The van der Waals surface area contributed by atoms with Gasteiger partial charge in [-0.05, 0) is 75.2 Å². The van der Waals surface area contributed by atoms with Gasteiger partial charge >= 0.3 is 0 Å². The molecule has 2 N–H and O–H groups in total. The lowest BCUT2D eigenvalue weighted by Gasteiger charge is -2.23. The molecule has 1 aromatic carbocycles. The molecule has 1 saturated carbocycles. The van der Waals surface area contributed by atoms with E-state index >= 15 is 0 Å². The maximum Gasteiger partial charge on any atom is 0.220 e. The van der Waals surface area contributed by atoms with Crippen LogP contribution < -0.4 is 15.4 Å². The number of nitrogens with one attached hydrogen (secondary N) is 2. The fourth-order valence-electron chi connectivity index (χ4n) is 3.65. The van der Waals surface area contributed by atoms with Crippen molar-refractivity contribution in [3.63, 3.8) is 0 Å². The lowest BCUT2D eigenvalue weighted by atomic mass is 9.98. The monoisotopic (exact) mass is 366 g/mol. The number of rotatable bonds is 7. The number of carbonyl (C=O) groups is 1. The summed E-state index contributed by atoms with van der Waals surface area (Å²) in [6.45, 7) is 2.77. The first-order valence-corrected chi connectivity index (χ1v) is 9.52. The van der Waals surface area contributed by atoms with E-state index in [-0.39, 0.29) is 18.3 Å². The lowest BCUT2D eigenvalue weighted by molar-refractivity contribution is -0.121. The predicted octanol–water partition coefficient (Wildman–Crippen LogP) is 3.83. The number of ether oxygens (including phenoxy) is 1. The Morgan fingerprint density at radius 2 is 1.88 bits per heavy atom. The van der Waals surface area contributed by atoms with E-state index in [4.69, 9.17) is 4.74 Å². The van der Waals surface area contributed by atoms with E-state index < -0.39 is 0 Å². The normalized spacial score (nSPS) is 20.7. The Hall–Kier alpha value is -1.26. The van der Waals surface area contributed by atoms with Crippen molar-refractivity contribution in [2.45, 2.75) is 64.0 Å². The second-order valence-corrected chi connectivity index (χ2v) is 7.20. The van der Waals surface area contributed by atoms with Crippen LogP contribution in [0.5, 0.6) is 5.75 Å². The smallest absolute Gasteiger partial charge is 0.220 e. The van der Waals surface area contributed by atoms with E-state index in [2.05, 4.69) is 22.8 Å². The minimum Gasteiger partial charge on any atom is -0.490 e. The average molecular weight is 367 g/mol. The summed E-state index contributed by atoms with van der Waals surface area (Å²) in [7, 11) is 0. The largest absolute Gasteiger partial charge is 0.490 e. The number of hydrogen-bond donors (Lipinski definition) is 2. The van der Waals surface area contributed by atoms with Gasteiger partial charge in [-0.15, -0.1) is 12.4 Å². The molecule has 1 saturated heterocycles. The zero-order valence-corrected chi connectivity index (χ0v) is 15.8. The van der Waals surface area contributed by atoms with Crippen molar-refractivity contribution < 1.29 is 9.53 Å². The molecule has 2 fully saturated rings. The van der Waals surface area contributed by atoms with Gasteiger partial charge in [0.1, 0.15) is 5.75 Å². The molecular weight excluding hydrogens is 336 g/mol. The molecule has 2 aliphatic rings. The minimum atomic E-state index is 0. The van der Waals surface area contributed by atoms with Crippen molar-refractivity contribution in [1.82, 2.24) is 10.6 Å². The molecule has 5 heteroatoms. The quantitative estimate of drug-likeness (QED) is 0.771. The molecule has 1 amide bonds. The van der Waals surface area contributed by atoms with E-state index in [1.807, 2.05) is 12.1 Å². The van der Waals surface area contributed by atoms with Crippen LogP contribution in [0.1, 0.15) is 56.9 Å². The van der Waals surface area contributed by atoms with Crippen molar-refractivity contribution in [3.05, 3.63) is 29.8 Å². The molecule has 4 nitrogen and oxygen atoms in total. The summed E-state index contributed by atoms with van der Waals surface area (Å²) in [6, 6.07) is 8.17. The number of amides is 1. The summed E-state index contributed by atoms with van der Waals surface area (Å²) in [6.07, 6.45) is 9.47. The summed E-state index contributed by atoms with van der Waals surface area (Å²) >= 11 is 0. The molecule has 0 radical (unpaired) electrons. The number of halogens is 1. The number of hydrogen-bond acceptors (Lipinski definition) is 3. The van der Waals surface area contributed by atoms with E-state index in [1.165, 1.54) is 38.5 Å². The highest BCUT2D eigenvalue weighted by Crippen LogP contribution is 2.23. The Labute approximate surface area is 157 Å². The Balaban J connectivity index is 0.00000225. The van der Waals surface area contributed by atoms with Gasteiger partial charge in [0.05, 0.1) is 6.10 Å². The predicted molar refractivity (Wildman–Crippen MR) is 103 cm³/mol. The molecule has 0 spiro atoms. The molecule has 3 rings (SSSR count). The Bertz CT molecular complexity index is 509. The van der Waals surface area contributed by atoms with Crippen LogP contribution in [0.15, 0.2) is 24.3 Å². The molecule has 140 valence electrons. The van der Waals surface area contributed by atoms with Crippen LogP contribution in [-0.2, 0) is 11.3 Å². The Morgan fingerprint density at radius 1 is 1.12 bits per heavy atom. The second-order valence-electron chi connectivity index (χ2n) is 7.20. The third-order valence-electron chi connectivity index (χ3n) is 5.21. The first-order valence-electron chi connectivity index (χ1n) is 9.52. The molecule has 1 aliphatic carbocycles. The van der Waals surface area contributed by atoms with Gasteiger partial charge in [0.15, 0.2) is 0 Å². The Kier molecular flexibility index (Phi) is 8.56. The van der Waals surface area contributed by atoms with Gasteiger partial charge in [0.2, 0.25) is 5.91 Å². The van der Waals surface area contributed by atoms with Crippen LogP contribution in [0.4, 0.5) is 0 Å². The van der Waals surface area contributed by atoms with Crippen LogP contribution in [0.25, 0.3) is 0 Å². The van der Waals surface area contributed by atoms with E-state index in [0.29, 0.717) is 25.0 Å². The molecule has 0 aromatic heterocycles. The van der Waals surface area contributed by atoms with Gasteiger partial charge in [0, 0.05) is 13.0 Å². The average Bonchev–Trinajstić information content (AvgIpc) is 3.14. The Morgan fingerprint density at radius 3 is 2.56 bits per heavy atom. The minimum absolute atomic E-state index is 0. The van der Waals surface area contributed by atoms with Gasteiger partial charge in [-0.1, -0.05) is 18.6 Å². The highest BCUT2D eigenvalue weighted by Gasteiger charge is 2.16. The van der Waals surface area contributed by atoms with Crippen molar-refractivity contribution >= 4 is 18.3 Å². The maximum atomic E-state index is 11.9. The number of benzene rings is 1. The molecule has 1 atom stereocenters. The van der Waals surface area contributed by atoms with E-state index in [0.717, 1.165) is 30.8 Å². The topological polar surface area (TPSA) is 50.4 Å². The van der Waals surface area contributed by atoms with Crippen LogP contribution >= 0.6 is 12.4 Å². The second kappa shape index (κ2) is 10.7.